The van der Waals surface area contributed by atoms with Gasteiger partial charge in [0.05, 0.1) is 0 Å². The molecule has 0 aliphatic heterocycles. The summed E-state index contributed by atoms with van der Waals surface area (Å²) >= 11 is 0. The summed E-state index contributed by atoms with van der Waals surface area (Å²) in [7, 11) is 0. The van der Waals surface area contributed by atoms with Crippen molar-refractivity contribution in [3.63, 3.8) is 0 Å². The van der Waals surface area contributed by atoms with Crippen molar-refractivity contribution in [1.82, 2.24) is 0 Å². The third kappa shape index (κ3) is 8.66. The van der Waals surface area contributed by atoms with Crippen molar-refractivity contribution in [2.24, 2.45) is 0 Å². The van der Waals surface area contributed by atoms with Gasteiger partial charge in [-0.05, 0) is 71.3 Å². The molecule has 3 aromatic rings. The van der Waals surface area contributed by atoms with Crippen LogP contribution in [-0.2, 0) is 28.7 Å². The fourth-order valence-corrected chi connectivity index (χ4v) is 4.12. The van der Waals surface area contributed by atoms with Gasteiger partial charge in [0.2, 0.25) is 11.6 Å². The Balaban J connectivity index is 2.19. The van der Waals surface area contributed by atoms with Crippen LogP contribution in [0.15, 0.2) is 72.8 Å². The number of hydrogen-bond donors (Lipinski definition) is 10. The maximum Gasteiger partial charge on any atom is 0.335 e. The van der Waals surface area contributed by atoms with Gasteiger partial charge in [-0.2, -0.15) is 0 Å². The number of phenolic OH excluding ortho intramolecular Hbond substituents is 6. The number of aliphatic carboxylic acids is 1. The molecule has 3 rings (SSSR count). The molecule has 0 spiro atoms. The number of carbonyl (C=O) groups is 5. The smallest absolute Gasteiger partial charge is 0.335 e. The maximum atomic E-state index is 13.8. The molecule has 10 N–H and O–H groups in total. The summed E-state index contributed by atoms with van der Waals surface area (Å²) in [6, 6.07) is 9.49. The second-order valence-corrected chi connectivity index (χ2v) is 10.2. The van der Waals surface area contributed by atoms with E-state index >= 15 is 0 Å². The van der Waals surface area contributed by atoms with E-state index in [-0.39, 0.29) is 16.7 Å². The largest absolute Gasteiger partial charge is 0.504 e. The van der Waals surface area contributed by atoms with Crippen LogP contribution in [0.2, 0.25) is 0 Å². The van der Waals surface area contributed by atoms with E-state index in [2.05, 4.69) is 0 Å². The minimum atomic E-state index is -3.82. The molecule has 16 heteroatoms. The lowest BCUT2D eigenvalue weighted by molar-refractivity contribution is -0.196. The number of hydrogen-bond acceptors (Lipinski definition) is 15. The molecular formula is C33H28O16. The molecule has 0 fully saturated rings. The lowest BCUT2D eigenvalue weighted by atomic mass is 9.80. The Morgan fingerprint density at radius 1 is 0.592 bits per heavy atom. The summed E-state index contributed by atoms with van der Waals surface area (Å²) in [5.74, 6) is -12.9. The van der Waals surface area contributed by atoms with Gasteiger partial charge in [-0.15, -0.1) is 0 Å². The lowest BCUT2D eigenvalue weighted by Gasteiger charge is -2.35. The van der Waals surface area contributed by atoms with Crippen LogP contribution >= 0.6 is 0 Å². The highest BCUT2D eigenvalue weighted by Crippen LogP contribution is 2.30. The molecule has 4 atom stereocenters. The number of carboxylic acids is 1. The maximum absolute atomic E-state index is 13.8. The number of carbonyl (C=O) groups excluding carboxylic acids is 4. The fraction of sp³-hybridized carbons (Fsp3) is 0.121. The van der Waals surface area contributed by atoms with Crippen molar-refractivity contribution in [3.8, 4) is 34.5 Å². The minimum absolute atomic E-state index is 0.0133. The van der Waals surface area contributed by atoms with Gasteiger partial charge in [0, 0.05) is 6.08 Å². The third-order valence-corrected chi connectivity index (χ3v) is 6.77. The second-order valence-electron chi connectivity index (χ2n) is 10.2. The van der Waals surface area contributed by atoms with E-state index in [1.165, 1.54) is 12.1 Å². The van der Waals surface area contributed by atoms with Crippen molar-refractivity contribution in [1.29, 1.82) is 0 Å². The highest BCUT2D eigenvalue weighted by Gasteiger charge is 2.59. The number of esters is 1. The molecule has 0 amide bonds. The molecule has 16 nitrogen and oxygen atoms in total. The number of Topliss-reactive ketones (excluding diaryl/α,β-unsaturated/α-hetero) is 1. The van der Waals surface area contributed by atoms with E-state index in [4.69, 9.17) is 4.74 Å². The topological polar surface area (TPSA) is 297 Å². The van der Waals surface area contributed by atoms with Crippen LogP contribution in [0.5, 0.6) is 34.5 Å². The highest BCUT2D eigenvalue weighted by molar-refractivity contribution is 6.50. The first-order chi connectivity index (χ1) is 23.0. The number of benzene rings is 3. The van der Waals surface area contributed by atoms with Gasteiger partial charge >= 0.3 is 11.9 Å². The Labute approximate surface area is 275 Å². The number of carboxylic acid groups (broad SMARTS) is 1. The number of aliphatic hydroxyl groups is 3. The van der Waals surface area contributed by atoms with Crippen molar-refractivity contribution in [2.45, 2.75) is 23.9 Å². The van der Waals surface area contributed by atoms with E-state index in [1.54, 1.807) is 0 Å². The number of phenols is 6. The minimum Gasteiger partial charge on any atom is -0.504 e. The molecule has 0 bridgehead atoms. The first-order valence-corrected chi connectivity index (χ1v) is 13.7. The Hall–Kier alpha value is -6.49. The molecule has 0 saturated carbocycles. The highest BCUT2D eigenvalue weighted by atomic mass is 16.6. The standard InChI is InChI=1S/C33H28O16/c34-19-7-1-16(13-23(19)38)4-10-22(37)30(45)33(31(46)28(43)29(44)32(47)48,26(41)11-5-17-2-8-20(35)24(39)14-17)49-27(42)12-6-18-3-9-21(36)25(40)15-18/h1-15,28-29,31,34-36,38-40,43-44,46H,(H,47,48)/t28-,29-,31-,33+/m0/s1. The summed E-state index contributed by atoms with van der Waals surface area (Å²) < 4.78 is 5.07. The zero-order valence-corrected chi connectivity index (χ0v) is 24.8. The predicted octanol–water partition coefficient (Wildman–Crippen LogP) is 0.517. The number of rotatable bonds is 14. The van der Waals surface area contributed by atoms with E-state index in [1.807, 2.05) is 0 Å². The summed E-state index contributed by atoms with van der Waals surface area (Å²) in [4.78, 5) is 65.4. The third-order valence-electron chi connectivity index (χ3n) is 6.77. The van der Waals surface area contributed by atoms with E-state index in [0.29, 0.717) is 18.2 Å². The molecular weight excluding hydrogens is 652 g/mol. The van der Waals surface area contributed by atoms with E-state index < -0.39 is 87.7 Å². The molecule has 0 aliphatic carbocycles. The molecule has 3 aromatic carbocycles. The monoisotopic (exact) mass is 680 g/mol. The summed E-state index contributed by atoms with van der Waals surface area (Å²) in [6.45, 7) is 0. The van der Waals surface area contributed by atoms with Crippen molar-refractivity contribution in [2.75, 3.05) is 0 Å². The number of ketones is 3. The number of allylic oxidation sites excluding steroid dienone is 1. The van der Waals surface area contributed by atoms with Crippen molar-refractivity contribution < 1.29 is 79.8 Å². The first kappa shape index (κ1) is 37.0. The molecule has 0 unspecified atom stereocenters. The Morgan fingerprint density at radius 3 is 1.41 bits per heavy atom. The molecule has 0 aromatic heterocycles. The number of aliphatic hydroxyl groups excluding tert-OH is 3. The van der Waals surface area contributed by atoms with E-state index in [9.17, 15) is 75.0 Å². The van der Waals surface area contributed by atoms with Crippen LogP contribution in [0.25, 0.3) is 18.2 Å². The molecule has 49 heavy (non-hydrogen) atoms. The summed E-state index contributed by atoms with van der Waals surface area (Å²) in [5.41, 5.74) is -3.80. The molecule has 0 aliphatic rings. The Kier molecular flexibility index (Phi) is 11.6. The summed E-state index contributed by atoms with van der Waals surface area (Å²) in [6.07, 6.45) is -4.84. The van der Waals surface area contributed by atoms with Gasteiger partial charge in [-0.3, -0.25) is 14.4 Å². The molecule has 256 valence electrons. The average molecular weight is 681 g/mol. The summed E-state index contributed by atoms with van der Waals surface area (Å²) in [5, 5.41) is 98.7. The normalized spacial score (nSPS) is 14.7. The van der Waals surface area contributed by atoms with Gasteiger partial charge in [0.25, 0.3) is 11.4 Å². The predicted molar refractivity (Wildman–Crippen MR) is 166 cm³/mol. The molecule has 0 saturated heterocycles. The number of ether oxygens (including phenoxy) is 1. The van der Waals surface area contributed by atoms with E-state index in [0.717, 1.165) is 60.7 Å². The first-order valence-electron chi connectivity index (χ1n) is 13.7. The molecule has 0 heterocycles. The van der Waals surface area contributed by atoms with Crippen LogP contribution in [0.4, 0.5) is 0 Å². The molecule has 0 radical (unpaired) electrons. The van der Waals surface area contributed by atoms with Gasteiger partial charge in [-0.1, -0.05) is 30.4 Å². The van der Waals surface area contributed by atoms with Crippen LogP contribution in [0.1, 0.15) is 16.7 Å². The second kappa shape index (κ2) is 15.4. The van der Waals surface area contributed by atoms with Gasteiger partial charge in [0.1, 0.15) is 12.2 Å². The van der Waals surface area contributed by atoms with Crippen LogP contribution in [0, 0.1) is 0 Å². The fourth-order valence-electron chi connectivity index (χ4n) is 4.12. The van der Waals surface area contributed by atoms with Crippen LogP contribution in [0.3, 0.4) is 0 Å². The van der Waals surface area contributed by atoms with Gasteiger partial charge in [0.15, 0.2) is 40.6 Å². The van der Waals surface area contributed by atoms with Crippen LogP contribution in [-0.4, -0.2) is 104 Å². The lowest BCUT2D eigenvalue weighted by Crippen LogP contribution is -2.65. The van der Waals surface area contributed by atoms with Gasteiger partial charge < -0.3 is 55.8 Å². The average Bonchev–Trinajstić information content (AvgIpc) is 3.07. The zero-order valence-electron chi connectivity index (χ0n) is 24.8. The number of aromatic hydroxyl groups is 6. The van der Waals surface area contributed by atoms with Crippen molar-refractivity contribution in [3.05, 3.63) is 89.5 Å². The Morgan fingerprint density at radius 2 is 1.00 bits per heavy atom. The van der Waals surface area contributed by atoms with Crippen molar-refractivity contribution >= 4 is 47.5 Å². The Bertz CT molecular complexity index is 1870. The van der Waals surface area contributed by atoms with Gasteiger partial charge in [-0.25, -0.2) is 9.59 Å². The van der Waals surface area contributed by atoms with Crippen LogP contribution < -0.4 is 0 Å². The SMILES string of the molecule is O=C(C=Cc1ccc(O)c(O)c1)O[C@](C(=O)C=Cc1ccc(O)c(O)c1)(C(=O)C(=O)C=Cc1ccc(O)c(O)c1)[C@@H](O)[C@@H](O)[C@H](O)C(=O)O. The zero-order chi connectivity index (χ0) is 36.6. The quantitative estimate of drug-likeness (QED) is 0.0365.